The third-order valence-electron chi connectivity index (χ3n) is 2.29. The molecule has 2 aromatic rings. The third kappa shape index (κ3) is 3.78. The van der Waals surface area contributed by atoms with Crippen LogP contribution in [0.15, 0.2) is 41.1 Å². The van der Waals surface area contributed by atoms with Crippen molar-refractivity contribution in [2.24, 2.45) is 5.73 Å². The average Bonchev–Trinajstić information content (AvgIpc) is 2.87. The Morgan fingerprint density at radius 2 is 2.28 bits per heavy atom. The summed E-state index contributed by atoms with van der Waals surface area (Å²) < 4.78 is 5.23. The van der Waals surface area contributed by atoms with Crippen LogP contribution in [0, 0.1) is 0 Å². The Balaban J connectivity index is 1.92. The second-order valence-corrected chi connectivity index (χ2v) is 4.55. The normalized spacial score (nSPS) is 10.0. The highest BCUT2D eigenvalue weighted by atomic mass is 32.1. The van der Waals surface area contributed by atoms with Crippen LogP contribution < -0.4 is 15.8 Å². The smallest absolute Gasteiger partial charge is 0.255 e. The van der Waals surface area contributed by atoms with Crippen molar-refractivity contribution in [1.29, 1.82) is 0 Å². The number of ether oxygens (including phenoxy) is 1. The van der Waals surface area contributed by atoms with Crippen LogP contribution in [0.5, 0.6) is 5.75 Å². The standard InChI is InChI=1S/C13H14N2O2S/c14-13(16)8-17-12-3-1-2-11(6-12)15-7-10-4-5-18-9-10/h1-6,9,15H,7-8H2,(H2,14,16). The molecule has 0 unspecified atom stereocenters. The van der Waals surface area contributed by atoms with Crippen LogP contribution in [0.2, 0.25) is 0 Å². The summed E-state index contributed by atoms with van der Waals surface area (Å²) in [5.41, 5.74) is 7.21. The Morgan fingerprint density at radius 3 is 3.00 bits per heavy atom. The van der Waals surface area contributed by atoms with Gasteiger partial charge in [0.05, 0.1) is 0 Å². The van der Waals surface area contributed by atoms with E-state index < -0.39 is 5.91 Å². The molecule has 1 amide bonds. The highest BCUT2D eigenvalue weighted by Crippen LogP contribution is 2.18. The molecule has 18 heavy (non-hydrogen) atoms. The number of benzene rings is 1. The number of carbonyl (C=O) groups excluding carboxylic acids is 1. The van der Waals surface area contributed by atoms with Crippen LogP contribution in [0.3, 0.4) is 0 Å². The van der Waals surface area contributed by atoms with Crippen molar-refractivity contribution >= 4 is 22.9 Å². The van der Waals surface area contributed by atoms with Crippen molar-refractivity contribution < 1.29 is 9.53 Å². The molecule has 1 heterocycles. The number of amides is 1. The molecular weight excluding hydrogens is 248 g/mol. The number of thiophene rings is 1. The maximum atomic E-state index is 10.6. The van der Waals surface area contributed by atoms with Gasteiger partial charge >= 0.3 is 0 Å². The second-order valence-electron chi connectivity index (χ2n) is 3.77. The third-order valence-corrected chi connectivity index (χ3v) is 3.02. The SMILES string of the molecule is NC(=O)COc1cccc(NCc2ccsc2)c1. The predicted molar refractivity (Wildman–Crippen MR) is 72.8 cm³/mol. The van der Waals surface area contributed by atoms with E-state index >= 15 is 0 Å². The van der Waals surface area contributed by atoms with Gasteiger partial charge < -0.3 is 15.8 Å². The quantitative estimate of drug-likeness (QED) is 0.839. The molecule has 0 aliphatic carbocycles. The average molecular weight is 262 g/mol. The number of nitrogens with two attached hydrogens (primary N) is 1. The maximum absolute atomic E-state index is 10.6. The number of primary amides is 1. The van der Waals surface area contributed by atoms with Gasteiger partial charge in [0.15, 0.2) is 6.61 Å². The van der Waals surface area contributed by atoms with Crippen molar-refractivity contribution in [3.05, 3.63) is 46.7 Å². The van der Waals surface area contributed by atoms with Gasteiger partial charge in [-0.3, -0.25) is 4.79 Å². The van der Waals surface area contributed by atoms with Crippen LogP contribution in [-0.4, -0.2) is 12.5 Å². The van der Waals surface area contributed by atoms with Gasteiger partial charge in [-0.25, -0.2) is 0 Å². The van der Waals surface area contributed by atoms with Crippen LogP contribution in [0.1, 0.15) is 5.56 Å². The van der Waals surface area contributed by atoms with Gasteiger partial charge in [-0.05, 0) is 34.5 Å². The molecule has 94 valence electrons. The summed E-state index contributed by atoms with van der Waals surface area (Å²) in [4.78, 5) is 10.6. The van der Waals surface area contributed by atoms with Crippen molar-refractivity contribution in [3.63, 3.8) is 0 Å². The van der Waals surface area contributed by atoms with Crippen LogP contribution >= 0.6 is 11.3 Å². The zero-order valence-electron chi connectivity index (χ0n) is 9.76. The maximum Gasteiger partial charge on any atom is 0.255 e. The fraction of sp³-hybridized carbons (Fsp3) is 0.154. The monoisotopic (exact) mass is 262 g/mol. The first-order valence-corrected chi connectivity index (χ1v) is 6.44. The number of anilines is 1. The van der Waals surface area contributed by atoms with Gasteiger partial charge in [-0.15, -0.1) is 0 Å². The number of hydrogen-bond acceptors (Lipinski definition) is 4. The number of hydrogen-bond donors (Lipinski definition) is 2. The lowest BCUT2D eigenvalue weighted by Gasteiger charge is -2.08. The molecule has 0 saturated heterocycles. The van der Waals surface area contributed by atoms with E-state index in [4.69, 9.17) is 10.5 Å². The molecule has 1 aromatic heterocycles. The lowest BCUT2D eigenvalue weighted by atomic mass is 10.2. The highest BCUT2D eigenvalue weighted by molar-refractivity contribution is 7.07. The molecule has 0 atom stereocenters. The summed E-state index contributed by atoms with van der Waals surface area (Å²) in [6, 6.07) is 9.52. The summed E-state index contributed by atoms with van der Waals surface area (Å²) in [5, 5.41) is 7.43. The molecule has 5 heteroatoms. The topological polar surface area (TPSA) is 64.4 Å². The Bertz CT molecular complexity index is 511. The largest absolute Gasteiger partial charge is 0.484 e. The number of carbonyl (C=O) groups is 1. The molecule has 0 fully saturated rings. The molecule has 1 aromatic carbocycles. The second kappa shape index (κ2) is 6.07. The zero-order chi connectivity index (χ0) is 12.8. The molecule has 0 aliphatic heterocycles. The van der Waals surface area contributed by atoms with Gasteiger partial charge in [-0.1, -0.05) is 6.07 Å². The van der Waals surface area contributed by atoms with Crippen molar-refractivity contribution in [2.75, 3.05) is 11.9 Å². The lowest BCUT2D eigenvalue weighted by molar-refractivity contribution is -0.119. The fourth-order valence-electron chi connectivity index (χ4n) is 1.45. The van der Waals surface area contributed by atoms with E-state index in [1.165, 1.54) is 5.56 Å². The van der Waals surface area contributed by atoms with Crippen molar-refractivity contribution in [3.8, 4) is 5.75 Å². The summed E-state index contributed by atoms with van der Waals surface area (Å²) in [6.45, 7) is 0.663. The molecule has 2 rings (SSSR count). The highest BCUT2D eigenvalue weighted by Gasteiger charge is 1.99. The van der Waals surface area contributed by atoms with E-state index in [2.05, 4.69) is 16.8 Å². The zero-order valence-corrected chi connectivity index (χ0v) is 10.6. The molecule has 0 aliphatic rings. The van der Waals surface area contributed by atoms with E-state index in [1.54, 1.807) is 17.4 Å². The Kier molecular flexibility index (Phi) is 4.20. The Labute approximate surface area is 109 Å². The summed E-state index contributed by atoms with van der Waals surface area (Å²) in [6.07, 6.45) is 0. The summed E-state index contributed by atoms with van der Waals surface area (Å²) in [5.74, 6) is 0.149. The van der Waals surface area contributed by atoms with Crippen LogP contribution in [0.25, 0.3) is 0 Å². The van der Waals surface area contributed by atoms with Gasteiger partial charge in [0.1, 0.15) is 5.75 Å². The van der Waals surface area contributed by atoms with E-state index in [1.807, 2.05) is 23.6 Å². The predicted octanol–water partition coefficient (Wildman–Crippen LogP) is 2.22. The molecule has 0 radical (unpaired) electrons. The van der Waals surface area contributed by atoms with Crippen molar-refractivity contribution in [1.82, 2.24) is 0 Å². The minimum atomic E-state index is -0.480. The van der Waals surface area contributed by atoms with Gasteiger partial charge in [0.25, 0.3) is 5.91 Å². The number of rotatable bonds is 6. The minimum Gasteiger partial charge on any atom is -0.484 e. The Hall–Kier alpha value is -2.01. The molecule has 3 N–H and O–H groups in total. The number of nitrogens with one attached hydrogen (secondary N) is 1. The lowest BCUT2D eigenvalue weighted by Crippen LogP contribution is -2.20. The first-order valence-electron chi connectivity index (χ1n) is 5.50. The van der Waals surface area contributed by atoms with E-state index in [0.717, 1.165) is 12.2 Å². The molecule has 0 bridgehead atoms. The summed E-state index contributed by atoms with van der Waals surface area (Å²) in [7, 11) is 0. The van der Waals surface area contributed by atoms with Gasteiger partial charge in [0, 0.05) is 18.3 Å². The molecule has 4 nitrogen and oxygen atoms in total. The van der Waals surface area contributed by atoms with Crippen LogP contribution in [-0.2, 0) is 11.3 Å². The molecular formula is C13H14N2O2S. The van der Waals surface area contributed by atoms with E-state index in [-0.39, 0.29) is 6.61 Å². The van der Waals surface area contributed by atoms with Gasteiger partial charge in [0.2, 0.25) is 0 Å². The van der Waals surface area contributed by atoms with Gasteiger partial charge in [-0.2, -0.15) is 11.3 Å². The molecule has 0 saturated carbocycles. The fourth-order valence-corrected chi connectivity index (χ4v) is 2.12. The molecule has 0 spiro atoms. The first kappa shape index (κ1) is 12.4. The van der Waals surface area contributed by atoms with E-state index in [9.17, 15) is 4.79 Å². The van der Waals surface area contributed by atoms with Crippen LogP contribution in [0.4, 0.5) is 5.69 Å². The minimum absolute atomic E-state index is 0.103. The van der Waals surface area contributed by atoms with Crippen molar-refractivity contribution in [2.45, 2.75) is 6.54 Å². The first-order chi connectivity index (χ1) is 8.74. The van der Waals surface area contributed by atoms with E-state index in [0.29, 0.717) is 5.75 Å². The summed E-state index contributed by atoms with van der Waals surface area (Å²) >= 11 is 1.67. The Morgan fingerprint density at radius 1 is 1.39 bits per heavy atom.